The number of hydrogen-bond acceptors (Lipinski definition) is 6. The number of rotatable bonds is 4. The minimum atomic E-state index is -0.0407. The van der Waals surface area contributed by atoms with Crippen molar-refractivity contribution in [3.05, 3.63) is 59.7 Å². The second-order valence-electron chi connectivity index (χ2n) is 10.6. The number of piperazine rings is 1. The van der Waals surface area contributed by atoms with Crippen LogP contribution in [0.15, 0.2) is 52.9 Å². The van der Waals surface area contributed by atoms with Crippen LogP contribution in [-0.2, 0) is 0 Å². The molecule has 3 fully saturated rings. The Kier molecular flexibility index (Phi) is 8.69. The molecule has 9 heteroatoms. The Morgan fingerprint density at radius 1 is 0.973 bits per heavy atom. The zero-order valence-corrected chi connectivity index (χ0v) is 23.1. The summed E-state index contributed by atoms with van der Waals surface area (Å²) in [5.74, 6) is -0.0407. The van der Waals surface area contributed by atoms with Crippen molar-refractivity contribution in [2.45, 2.75) is 56.3 Å². The molecule has 1 amide bonds. The Bertz CT molecular complexity index is 1190. The monoisotopic (exact) mass is 545 g/mol. The number of halogens is 2. The van der Waals surface area contributed by atoms with Crippen LogP contribution >= 0.6 is 24.8 Å². The highest BCUT2D eigenvalue weighted by Gasteiger charge is 2.37. The Morgan fingerprint density at radius 3 is 2.43 bits per heavy atom. The number of para-hydroxylation sites is 1. The van der Waals surface area contributed by atoms with E-state index in [0.29, 0.717) is 34.8 Å². The summed E-state index contributed by atoms with van der Waals surface area (Å²) in [5.41, 5.74) is 3.16. The van der Waals surface area contributed by atoms with E-state index in [-0.39, 0.29) is 42.8 Å². The van der Waals surface area contributed by atoms with Crippen LogP contribution < -0.4 is 10.2 Å². The molecule has 3 aliphatic rings. The molecule has 2 aromatic carbocycles. The highest BCUT2D eigenvalue weighted by Crippen LogP contribution is 2.34. The fourth-order valence-electron chi connectivity index (χ4n) is 6.35. The summed E-state index contributed by atoms with van der Waals surface area (Å²) in [6.45, 7) is 2.66. The number of likely N-dealkylation sites (N-methyl/N-ethyl adjacent to an activating group) is 1. The first-order valence-electron chi connectivity index (χ1n) is 13.0. The normalized spacial score (nSPS) is 26.3. The van der Waals surface area contributed by atoms with E-state index in [1.54, 1.807) is 0 Å². The van der Waals surface area contributed by atoms with Gasteiger partial charge in [0.25, 0.3) is 11.9 Å². The van der Waals surface area contributed by atoms with Gasteiger partial charge in [-0.3, -0.25) is 4.79 Å². The average Bonchev–Trinajstić information content (AvgIpc) is 3.29. The van der Waals surface area contributed by atoms with Crippen LogP contribution in [0.2, 0.25) is 0 Å². The van der Waals surface area contributed by atoms with E-state index in [1.807, 2.05) is 24.3 Å². The van der Waals surface area contributed by atoms with Crippen LogP contribution in [0, 0.1) is 0 Å². The summed E-state index contributed by atoms with van der Waals surface area (Å²) in [5, 5.41) is 3.34. The van der Waals surface area contributed by atoms with Gasteiger partial charge in [0, 0.05) is 37.8 Å². The number of benzene rings is 2. The lowest BCUT2D eigenvalue weighted by atomic mass is 9.82. The molecule has 1 aromatic heterocycles. The third-order valence-electron chi connectivity index (χ3n) is 8.34. The molecule has 3 saturated heterocycles. The molecule has 1 N–H and O–H groups in total. The molecule has 7 nitrogen and oxygen atoms in total. The Labute approximate surface area is 231 Å². The number of oxazole rings is 1. The molecule has 3 atom stereocenters. The first-order chi connectivity index (χ1) is 17.1. The van der Waals surface area contributed by atoms with E-state index in [1.165, 1.54) is 24.8 Å². The second-order valence-corrected chi connectivity index (χ2v) is 10.6. The molecule has 4 heterocycles. The van der Waals surface area contributed by atoms with Gasteiger partial charge in [-0.1, -0.05) is 42.8 Å². The Morgan fingerprint density at radius 2 is 1.70 bits per heavy atom. The number of hydrogen-bond donors (Lipinski definition) is 1. The Balaban J connectivity index is 0.00000160. The zero-order valence-electron chi connectivity index (χ0n) is 21.5. The first kappa shape index (κ1) is 27.7. The van der Waals surface area contributed by atoms with E-state index in [4.69, 9.17) is 9.40 Å². The highest BCUT2D eigenvalue weighted by molar-refractivity contribution is 6.04. The van der Waals surface area contributed by atoms with Gasteiger partial charge in [0.05, 0.1) is 11.6 Å². The van der Waals surface area contributed by atoms with E-state index in [2.05, 4.69) is 58.4 Å². The van der Waals surface area contributed by atoms with Crippen molar-refractivity contribution in [3.63, 3.8) is 0 Å². The standard InChI is InChI=1S/C28H35N5O2.2ClH/c1-31-14-15-33(24(18-31)19-8-4-3-5-9-19)28-30-26-23(12-7-13-25(26)35-28)27(34)29-20-16-21-10-6-11-22(17-20)32(21)2;;/h3-5,7-9,12-13,20-22,24H,6,10-11,14-18H2,1-2H3,(H,29,34);2*1H. The summed E-state index contributed by atoms with van der Waals surface area (Å²) in [4.78, 5) is 25.4. The quantitative estimate of drug-likeness (QED) is 0.502. The maximum absolute atomic E-state index is 13.4. The number of anilines is 1. The number of nitrogens with one attached hydrogen (secondary N) is 1. The molecular weight excluding hydrogens is 509 g/mol. The lowest BCUT2D eigenvalue weighted by molar-refractivity contribution is 0.0463. The molecule has 0 saturated carbocycles. The number of piperidine rings is 2. The second kappa shape index (κ2) is 11.6. The van der Waals surface area contributed by atoms with Crippen LogP contribution in [0.5, 0.6) is 0 Å². The zero-order chi connectivity index (χ0) is 23.9. The van der Waals surface area contributed by atoms with Gasteiger partial charge in [0.2, 0.25) is 0 Å². The fraction of sp³-hybridized carbons (Fsp3) is 0.500. The van der Waals surface area contributed by atoms with Crippen LogP contribution in [0.4, 0.5) is 6.01 Å². The van der Waals surface area contributed by atoms with Gasteiger partial charge < -0.3 is 24.4 Å². The molecule has 3 unspecified atom stereocenters. The number of carbonyl (C=O) groups excluding carboxylic acids is 1. The number of carbonyl (C=O) groups is 1. The van der Waals surface area contributed by atoms with Crippen molar-refractivity contribution in [1.82, 2.24) is 20.1 Å². The van der Waals surface area contributed by atoms with Gasteiger partial charge in [-0.2, -0.15) is 4.98 Å². The SMILES string of the molecule is CN1CCN(c2nc3c(C(=O)NC4CC5CCCC(C4)N5C)cccc3o2)C(c2ccccc2)C1.Cl.Cl. The smallest absolute Gasteiger partial charge is 0.299 e. The van der Waals surface area contributed by atoms with Gasteiger partial charge in [-0.25, -0.2) is 0 Å². The summed E-state index contributed by atoms with van der Waals surface area (Å²) in [6, 6.07) is 18.3. The minimum Gasteiger partial charge on any atom is -0.423 e. The van der Waals surface area contributed by atoms with Crippen molar-refractivity contribution in [2.75, 3.05) is 38.6 Å². The molecular formula is C28H37Cl2N5O2. The molecule has 2 bridgehead atoms. The summed E-state index contributed by atoms with van der Waals surface area (Å²) in [6.07, 6.45) is 5.82. The predicted octanol–water partition coefficient (Wildman–Crippen LogP) is 4.91. The minimum absolute atomic E-state index is 0. The van der Waals surface area contributed by atoms with Crippen molar-refractivity contribution in [3.8, 4) is 0 Å². The molecule has 3 aliphatic heterocycles. The van der Waals surface area contributed by atoms with Gasteiger partial charge in [-0.05, 0) is 57.5 Å². The van der Waals surface area contributed by atoms with Crippen molar-refractivity contribution >= 4 is 47.8 Å². The number of nitrogens with zero attached hydrogens (tertiary/aromatic N) is 4. The third kappa shape index (κ3) is 5.46. The molecule has 200 valence electrons. The van der Waals surface area contributed by atoms with Crippen LogP contribution in [0.25, 0.3) is 11.1 Å². The summed E-state index contributed by atoms with van der Waals surface area (Å²) >= 11 is 0. The van der Waals surface area contributed by atoms with Gasteiger partial charge in [0.1, 0.15) is 5.52 Å². The van der Waals surface area contributed by atoms with Gasteiger partial charge in [0.15, 0.2) is 5.58 Å². The van der Waals surface area contributed by atoms with Crippen molar-refractivity contribution in [2.24, 2.45) is 0 Å². The van der Waals surface area contributed by atoms with E-state index in [0.717, 1.165) is 32.5 Å². The maximum Gasteiger partial charge on any atom is 0.299 e. The highest BCUT2D eigenvalue weighted by atomic mass is 35.5. The molecule has 0 aliphatic carbocycles. The van der Waals surface area contributed by atoms with E-state index >= 15 is 0 Å². The van der Waals surface area contributed by atoms with Gasteiger partial charge >= 0.3 is 0 Å². The van der Waals surface area contributed by atoms with Crippen molar-refractivity contribution in [1.29, 1.82) is 0 Å². The third-order valence-corrected chi connectivity index (χ3v) is 8.34. The summed E-state index contributed by atoms with van der Waals surface area (Å²) in [7, 11) is 4.39. The van der Waals surface area contributed by atoms with Crippen molar-refractivity contribution < 1.29 is 9.21 Å². The van der Waals surface area contributed by atoms with Crippen LogP contribution in [0.1, 0.15) is 54.1 Å². The maximum atomic E-state index is 13.4. The number of aromatic nitrogens is 1. The topological polar surface area (TPSA) is 64.8 Å². The Hall–Kier alpha value is -2.32. The number of amides is 1. The first-order valence-corrected chi connectivity index (χ1v) is 13.0. The molecule has 37 heavy (non-hydrogen) atoms. The van der Waals surface area contributed by atoms with E-state index in [9.17, 15) is 4.79 Å². The summed E-state index contributed by atoms with van der Waals surface area (Å²) < 4.78 is 6.26. The molecule has 6 rings (SSSR count). The fourth-order valence-corrected chi connectivity index (χ4v) is 6.35. The molecule has 0 spiro atoms. The molecule has 3 aromatic rings. The average molecular weight is 547 g/mol. The lowest BCUT2D eigenvalue weighted by Crippen LogP contribution is -2.55. The van der Waals surface area contributed by atoms with E-state index < -0.39 is 0 Å². The van der Waals surface area contributed by atoms with Crippen LogP contribution in [-0.4, -0.2) is 72.5 Å². The van der Waals surface area contributed by atoms with Crippen LogP contribution in [0.3, 0.4) is 0 Å². The molecule has 0 radical (unpaired) electrons. The predicted molar refractivity (Wildman–Crippen MR) is 152 cm³/mol. The van der Waals surface area contributed by atoms with Gasteiger partial charge in [-0.15, -0.1) is 24.8 Å². The lowest BCUT2D eigenvalue weighted by Gasteiger charge is -2.47. The largest absolute Gasteiger partial charge is 0.423 e. The number of fused-ring (bicyclic) bond motifs is 3.